The molecule has 0 radical (unpaired) electrons. The van der Waals surface area contributed by atoms with Gasteiger partial charge in [0.1, 0.15) is 0 Å². The fourth-order valence-electron chi connectivity index (χ4n) is 3.09. The topological polar surface area (TPSA) is 65.5 Å². The largest absolute Gasteiger partial charge is 0.392 e. The third-order valence-corrected chi connectivity index (χ3v) is 5.55. The van der Waals surface area contributed by atoms with Crippen molar-refractivity contribution in [3.8, 4) is 0 Å². The van der Waals surface area contributed by atoms with Crippen molar-refractivity contribution in [2.24, 2.45) is 0 Å². The van der Waals surface area contributed by atoms with Crippen LogP contribution in [0.1, 0.15) is 42.3 Å². The Hall–Kier alpha value is -2.60. The molecule has 0 aliphatic rings. The molecule has 5 nitrogen and oxygen atoms in total. The van der Waals surface area contributed by atoms with Gasteiger partial charge in [-0.1, -0.05) is 56.1 Å². The van der Waals surface area contributed by atoms with Crippen LogP contribution in [0.4, 0.5) is 17.2 Å². The van der Waals surface area contributed by atoms with Crippen LogP contribution in [0.3, 0.4) is 0 Å². The van der Waals surface area contributed by atoms with Gasteiger partial charge < -0.3 is 15.3 Å². The molecule has 0 spiro atoms. The van der Waals surface area contributed by atoms with Gasteiger partial charge in [0, 0.05) is 24.5 Å². The minimum Gasteiger partial charge on any atom is -0.392 e. The zero-order valence-corrected chi connectivity index (χ0v) is 19.4. The lowest BCUT2D eigenvalue weighted by atomic mass is 9.87. The number of carbonyl (C=O) groups is 1. The number of rotatable bonds is 5. The third kappa shape index (κ3) is 5.37. The van der Waals surface area contributed by atoms with Crippen LogP contribution < -0.4 is 10.2 Å². The first-order valence-electron chi connectivity index (χ1n) is 9.80. The number of aliphatic hydroxyl groups excluding tert-OH is 1. The van der Waals surface area contributed by atoms with Gasteiger partial charge in [-0.05, 0) is 52.9 Å². The van der Waals surface area contributed by atoms with E-state index in [2.05, 4.69) is 31.1 Å². The minimum atomic E-state index is -0.246. The average molecular weight is 458 g/mol. The van der Waals surface area contributed by atoms with Crippen molar-refractivity contribution in [1.82, 2.24) is 4.98 Å². The third-order valence-electron chi connectivity index (χ3n) is 4.96. The lowest BCUT2D eigenvalue weighted by Crippen LogP contribution is -2.16. The lowest BCUT2D eigenvalue weighted by Gasteiger charge is -2.22. The highest BCUT2D eigenvalue weighted by Crippen LogP contribution is 2.34. The molecule has 0 unspecified atom stereocenters. The fourth-order valence-corrected chi connectivity index (χ4v) is 3.65. The van der Waals surface area contributed by atoms with E-state index in [1.165, 1.54) is 5.56 Å². The molecule has 0 bridgehead atoms. The van der Waals surface area contributed by atoms with Crippen molar-refractivity contribution < 1.29 is 9.90 Å². The molecule has 162 valence electrons. The number of aliphatic hydroxyl groups is 1. The summed E-state index contributed by atoms with van der Waals surface area (Å²) < 4.78 is 0. The summed E-state index contributed by atoms with van der Waals surface area (Å²) in [5.74, 6) is 0.223. The maximum absolute atomic E-state index is 12.8. The number of halogens is 2. The zero-order valence-electron chi connectivity index (χ0n) is 17.9. The Morgan fingerprint density at radius 1 is 1.06 bits per heavy atom. The molecule has 1 amide bonds. The van der Waals surface area contributed by atoms with Crippen molar-refractivity contribution in [2.45, 2.75) is 32.8 Å². The minimum absolute atomic E-state index is 0.0445. The van der Waals surface area contributed by atoms with Crippen LogP contribution in [-0.4, -0.2) is 23.0 Å². The number of hydrogen-bond acceptors (Lipinski definition) is 4. The van der Waals surface area contributed by atoms with Gasteiger partial charge in [-0.15, -0.1) is 0 Å². The number of benzene rings is 2. The molecule has 0 fully saturated rings. The summed E-state index contributed by atoms with van der Waals surface area (Å²) >= 11 is 12.7. The molecule has 3 rings (SSSR count). The van der Waals surface area contributed by atoms with Crippen LogP contribution in [-0.2, 0) is 12.0 Å². The van der Waals surface area contributed by atoms with E-state index in [1.807, 2.05) is 24.3 Å². The van der Waals surface area contributed by atoms with E-state index in [0.29, 0.717) is 38.4 Å². The smallest absolute Gasteiger partial charge is 0.255 e. The van der Waals surface area contributed by atoms with Crippen LogP contribution in [0.5, 0.6) is 0 Å². The van der Waals surface area contributed by atoms with Crippen LogP contribution in [0.25, 0.3) is 0 Å². The highest BCUT2D eigenvalue weighted by molar-refractivity contribution is 6.35. The number of hydrogen-bond donors (Lipinski definition) is 2. The Morgan fingerprint density at radius 2 is 1.74 bits per heavy atom. The SMILES string of the molecule is CN(c1cc(C(=O)Nc2ccc(C(C)(C)C)cc2)ccc1Cl)c1ncc(CO)cc1Cl. The predicted octanol–water partition coefficient (Wildman–Crippen LogP) is 6.20. The summed E-state index contributed by atoms with van der Waals surface area (Å²) in [6, 6.07) is 14.5. The van der Waals surface area contributed by atoms with E-state index in [0.717, 1.165) is 0 Å². The van der Waals surface area contributed by atoms with E-state index in [-0.39, 0.29) is 17.9 Å². The number of nitrogens with zero attached hydrogens (tertiary/aromatic N) is 2. The average Bonchev–Trinajstić information content (AvgIpc) is 2.73. The molecule has 2 N–H and O–H groups in total. The van der Waals surface area contributed by atoms with Crippen LogP contribution >= 0.6 is 23.2 Å². The summed E-state index contributed by atoms with van der Waals surface area (Å²) in [6.07, 6.45) is 1.55. The van der Waals surface area contributed by atoms with Crippen molar-refractivity contribution in [1.29, 1.82) is 0 Å². The van der Waals surface area contributed by atoms with Crippen molar-refractivity contribution in [3.63, 3.8) is 0 Å². The van der Waals surface area contributed by atoms with Gasteiger partial charge in [0.2, 0.25) is 0 Å². The monoisotopic (exact) mass is 457 g/mol. The molecule has 7 heteroatoms. The summed E-state index contributed by atoms with van der Waals surface area (Å²) in [5.41, 5.74) is 3.60. The highest BCUT2D eigenvalue weighted by Gasteiger charge is 2.17. The van der Waals surface area contributed by atoms with Gasteiger partial charge in [0.25, 0.3) is 5.91 Å². The molecule has 2 aromatic carbocycles. The van der Waals surface area contributed by atoms with Gasteiger partial charge in [-0.25, -0.2) is 4.98 Å². The van der Waals surface area contributed by atoms with E-state index >= 15 is 0 Å². The number of pyridine rings is 1. The number of nitrogens with one attached hydrogen (secondary N) is 1. The van der Waals surface area contributed by atoms with Gasteiger partial charge in [0.05, 0.1) is 22.3 Å². The van der Waals surface area contributed by atoms with Crippen LogP contribution in [0, 0.1) is 0 Å². The molecule has 0 aliphatic carbocycles. The number of anilines is 3. The summed E-state index contributed by atoms with van der Waals surface area (Å²) in [7, 11) is 1.76. The van der Waals surface area contributed by atoms with Crippen molar-refractivity contribution in [3.05, 3.63) is 81.5 Å². The molecular weight excluding hydrogens is 433 g/mol. The standard InChI is InChI=1S/C24H25Cl2N3O2/c1-24(2,3)17-6-8-18(9-7-17)28-23(31)16-5-10-19(25)21(12-16)29(4)22-20(26)11-15(14-30)13-27-22/h5-13,30H,14H2,1-4H3,(H,28,31). The first-order chi connectivity index (χ1) is 14.6. The van der Waals surface area contributed by atoms with Gasteiger partial charge in [0.15, 0.2) is 5.82 Å². The maximum atomic E-state index is 12.8. The molecule has 0 saturated carbocycles. The maximum Gasteiger partial charge on any atom is 0.255 e. The van der Waals surface area contributed by atoms with Gasteiger partial charge in [-0.3, -0.25) is 4.79 Å². The van der Waals surface area contributed by atoms with Crippen LogP contribution in [0.2, 0.25) is 10.0 Å². The van der Waals surface area contributed by atoms with Crippen molar-refractivity contribution >= 4 is 46.3 Å². The van der Waals surface area contributed by atoms with Gasteiger partial charge >= 0.3 is 0 Å². The number of aromatic nitrogens is 1. The second kappa shape index (κ2) is 9.27. The normalized spacial score (nSPS) is 11.3. The first-order valence-corrected chi connectivity index (χ1v) is 10.6. The molecule has 0 aliphatic heterocycles. The molecule has 3 aromatic rings. The van der Waals surface area contributed by atoms with E-state index < -0.39 is 0 Å². The second-order valence-corrected chi connectivity index (χ2v) is 9.13. The Labute approximate surface area is 192 Å². The lowest BCUT2D eigenvalue weighted by molar-refractivity contribution is 0.102. The van der Waals surface area contributed by atoms with Crippen LogP contribution in [0.15, 0.2) is 54.7 Å². The molecule has 0 atom stereocenters. The van der Waals surface area contributed by atoms with Crippen molar-refractivity contribution in [2.75, 3.05) is 17.3 Å². The Bertz CT molecular complexity index is 1090. The molecule has 1 heterocycles. The quantitative estimate of drug-likeness (QED) is 0.478. The van der Waals surface area contributed by atoms with E-state index in [9.17, 15) is 9.90 Å². The Balaban J connectivity index is 1.84. The molecule has 0 saturated heterocycles. The Kier molecular flexibility index (Phi) is 6.90. The number of carbonyl (C=O) groups excluding carboxylic acids is 1. The molecule has 1 aromatic heterocycles. The highest BCUT2D eigenvalue weighted by atomic mass is 35.5. The summed E-state index contributed by atoms with van der Waals surface area (Å²) in [4.78, 5) is 18.8. The first kappa shape index (κ1) is 23.1. The zero-order chi connectivity index (χ0) is 22.8. The molecular formula is C24H25Cl2N3O2. The summed E-state index contributed by atoms with van der Waals surface area (Å²) in [5, 5.41) is 13.0. The fraction of sp³-hybridized carbons (Fsp3) is 0.250. The van der Waals surface area contributed by atoms with E-state index in [1.54, 1.807) is 42.4 Å². The van der Waals surface area contributed by atoms with E-state index in [4.69, 9.17) is 23.2 Å². The predicted molar refractivity (Wildman–Crippen MR) is 128 cm³/mol. The second-order valence-electron chi connectivity index (χ2n) is 8.31. The summed E-state index contributed by atoms with van der Waals surface area (Å²) in [6.45, 7) is 6.28. The molecule has 31 heavy (non-hydrogen) atoms. The number of amides is 1. The Morgan fingerprint density at radius 3 is 2.32 bits per heavy atom. The van der Waals surface area contributed by atoms with Gasteiger partial charge in [-0.2, -0.15) is 0 Å².